The number of methoxy groups -OCH3 is 2. The van der Waals surface area contributed by atoms with Crippen molar-refractivity contribution in [3.8, 4) is 11.5 Å². The average molecular weight is 539 g/mol. The first-order valence-electron chi connectivity index (χ1n) is 10.4. The fourth-order valence-corrected chi connectivity index (χ4v) is 5.51. The van der Waals surface area contributed by atoms with Crippen molar-refractivity contribution in [3.05, 3.63) is 77.6 Å². The number of anilines is 1. The van der Waals surface area contributed by atoms with Gasteiger partial charge in [0.25, 0.3) is 10.0 Å². The second-order valence-corrected chi connectivity index (χ2v) is 10.6. The molecular formula is C24H24ClFN2O5S2. The molecule has 0 bridgehead atoms. The van der Waals surface area contributed by atoms with Crippen LogP contribution in [0.2, 0.25) is 5.02 Å². The summed E-state index contributed by atoms with van der Waals surface area (Å²) in [6.45, 7) is -0.207. The van der Waals surface area contributed by atoms with Crippen LogP contribution in [-0.4, -0.2) is 47.4 Å². The summed E-state index contributed by atoms with van der Waals surface area (Å²) in [5.41, 5.74) is 0.0417. The van der Waals surface area contributed by atoms with Crippen LogP contribution in [0.4, 0.5) is 10.1 Å². The zero-order valence-corrected chi connectivity index (χ0v) is 21.4. The molecule has 3 aromatic carbocycles. The molecular weight excluding hydrogens is 515 g/mol. The molecule has 0 spiro atoms. The number of halogens is 2. The van der Waals surface area contributed by atoms with Gasteiger partial charge in [-0.25, -0.2) is 12.8 Å². The highest BCUT2D eigenvalue weighted by Crippen LogP contribution is 2.33. The average Bonchev–Trinajstić information content (AvgIpc) is 2.87. The Morgan fingerprint density at radius 3 is 2.40 bits per heavy atom. The van der Waals surface area contributed by atoms with Crippen LogP contribution in [0.15, 0.2) is 76.5 Å². The highest BCUT2D eigenvalue weighted by atomic mass is 35.5. The molecule has 0 atom stereocenters. The monoisotopic (exact) mass is 538 g/mol. The SMILES string of the molecule is COc1ccc(S(=O)(=O)N(CC(=O)NCCSc2ccccc2)c2ccc(F)c(Cl)c2)cc1OC. The smallest absolute Gasteiger partial charge is 0.264 e. The lowest BCUT2D eigenvalue weighted by Gasteiger charge is -2.24. The molecule has 0 saturated heterocycles. The lowest BCUT2D eigenvalue weighted by atomic mass is 10.3. The minimum Gasteiger partial charge on any atom is -0.493 e. The minimum absolute atomic E-state index is 0.0417. The van der Waals surface area contributed by atoms with Gasteiger partial charge in [-0.3, -0.25) is 9.10 Å². The molecule has 186 valence electrons. The number of ether oxygens (including phenoxy) is 2. The van der Waals surface area contributed by atoms with E-state index in [0.717, 1.165) is 21.3 Å². The number of nitrogens with zero attached hydrogens (tertiary/aromatic N) is 1. The van der Waals surface area contributed by atoms with Gasteiger partial charge in [-0.15, -0.1) is 11.8 Å². The number of carbonyl (C=O) groups is 1. The Labute approximate surface area is 213 Å². The standard InChI is InChI=1S/C24H24ClFN2O5S2/c1-32-22-11-9-19(15-23(22)33-2)35(30,31)28(17-8-10-21(26)20(25)14-17)16-24(29)27-12-13-34-18-6-4-3-5-7-18/h3-11,14-15H,12-13,16H2,1-2H3,(H,27,29). The number of nitrogens with one attached hydrogen (secondary N) is 1. The van der Waals surface area contributed by atoms with E-state index in [9.17, 15) is 17.6 Å². The summed E-state index contributed by atoms with van der Waals surface area (Å²) in [6.07, 6.45) is 0. The number of sulfonamides is 1. The molecule has 0 aliphatic carbocycles. The Morgan fingerprint density at radius 2 is 1.74 bits per heavy atom. The van der Waals surface area contributed by atoms with Crippen molar-refractivity contribution in [3.63, 3.8) is 0 Å². The summed E-state index contributed by atoms with van der Waals surface area (Å²) in [6, 6.07) is 17.2. The molecule has 0 unspecified atom stereocenters. The van der Waals surface area contributed by atoms with Crippen LogP contribution >= 0.6 is 23.4 Å². The van der Waals surface area contributed by atoms with Crippen LogP contribution in [0.3, 0.4) is 0 Å². The zero-order chi connectivity index (χ0) is 25.4. The molecule has 0 aliphatic heterocycles. The van der Waals surface area contributed by atoms with E-state index in [1.54, 1.807) is 11.8 Å². The van der Waals surface area contributed by atoms with Gasteiger partial charge in [0.2, 0.25) is 5.91 Å². The second kappa shape index (κ2) is 12.1. The molecule has 3 aromatic rings. The van der Waals surface area contributed by atoms with Crippen molar-refractivity contribution in [2.45, 2.75) is 9.79 Å². The van der Waals surface area contributed by atoms with Crippen molar-refractivity contribution in [2.75, 3.05) is 37.4 Å². The van der Waals surface area contributed by atoms with Gasteiger partial charge >= 0.3 is 0 Å². The van der Waals surface area contributed by atoms with Crippen molar-refractivity contribution in [2.24, 2.45) is 0 Å². The molecule has 11 heteroatoms. The van der Waals surface area contributed by atoms with Crippen molar-refractivity contribution >= 4 is 45.0 Å². The number of hydrogen-bond acceptors (Lipinski definition) is 6. The van der Waals surface area contributed by atoms with E-state index in [1.807, 2.05) is 30.3 Å². The van der Waals surface area contributed by atoms with Gasteiger partial charge in [-0.1, -0.05) is 29.8 Å². The minimum atomic E-state index is -4.26. The van der Waals surface area contributed by atoms with Crippen LogP contribution < -0.4 is 19.1 Å². The molecule has 1 N–H and O–H groups in total. The molecule has 0 aliphatic rings. The molecule has 0 fully saturated rings. The molecule has 35 heavy (non-hydrogen) atoms. The van der Waals surface area contributed by atoms with Gasteiger partial charge in [0.15, 0.2) is 11.5 Å². The summed E-state index contributed by atoms with van der Waals surface area (Å²) >= 11 is 7.46. The summed E-state index contributed by atoms with van der Waals surface area (Å²) in [7, 11) is -1.45. The third kappa shape index (κ3) is 6.81. The van der Waals surface area contributed by atoms with Gasteiger partial charge in [0.05, 0.1) is 29.8 Å². The largest absolute Gasteiger partial charge is 0.493 e. The second-order valence-electron chi connectivity index (χ2n) is 7.14. The van der Waals surface area contributed by atoms with Gasteiger partial charge in [0.1, 0.15) is 12.4 Å². The Hall–Kier alpha value is -2.95. The predicted molar refractivity (Wildman–Crippen MR) is 136 cm³/mol. The van der Waals surface area contributed by atoms with Crippen molar-refractivity contribution in [1.29, 1.82) is 0 Å². The summed E-state index contributed by atoms with van der Waals surface area (Å²) < 4.78 is 52.1. The van der Waals surface area contributed by atoms with E-state index >= 15 is 0 Å². The van der Waals surface area contributed by atoms with E-state index < -0.39 is 28.3 Å². The van der Waals surface area contributed by atoms with Crippen LogP contribution in [0, 0.1) is 5.82 Å². The maximum atomic E-state index is 13.8. The normalized spacial score (nSPS) is 11.1. The first kappa shape index (κ1) is 26.7. The summed E-state index contributed by atoms with van der Waals surface area (Å²) in [5, 5.41) is 2.46. The van der Waals surface area contributed by atoms with Gasteiger partial charge < -0.3 is 14.8 Å². The van der Waals surface area contributed by atoms with Crippen molar-refractivity contribution < 1.29 is 27.1 Å². The molecule has 7 nitrogen and oxygen atoms in total. The van der Waals surface area contributed by atoms with Gasteiger partial charge in [0, 0.05) is 23.3 Å². The summed E-state index contributed by atoms with van der Waals surface area (Å²) in [5.74, 6) is -0.0884. The Kier molecular flexibility index (Phi) is 9.25. The first-order valence-corrected chi connectivity index (χ1v) is 13.2. The predicted octanol–water partition coefficient (Wildman–Crippen LogP) is 4.60. The first-order chi connectivity index (χ1) is 16.8. The van der Waals surface area contributed by atoms with E-state index in [0.29, 0.717) is 18.0 Å². The maximum Gasteiger partial charge on any atom is 0.264 e. The number of hydrogen-bond donors (Lipinski definition) is 1. The number of amides is 1. The highest BCUT2D eigenvalue weighted by Gasteiger charge is 2.29. The molecule has 1 amide bonds. The van der Waals surface area contributed by atoms with Crippen LogP contribution in [0.1, 0.15) is 0 Å². The number of benzene rings is 3. The van der Waals surface area contributed by atoms with E-state index in [-0.39, 0.29) is 21.4 Å². The van der Waals surface area contributed by atoms with Gasteiger partial charge in [-0.05, 0) is 42.5 Å². The molecule has 0 saturated carbocycles. The Morgan fingerprint density at radius 1 is 1.03 bits per heavy atom. The van der Waals surface area contributed by atoms with Crippen molar-refractivity contribution in [1.82, 2.24) is 5.32 Å². The zero-order valence-electron chi connectivity index (χ0n) is 19.0. The van der Waals surface area contributed by atoms with E-state index in [1.165, 1.54) is 38.5 Å². The lowest BCUT2D eigenvalue weighted by Crippen LogP contribution is -2.41. The van der Waals surface area contributed by atoms with Gasteiger partial charge in [-0.2, -0.15) is 0 Å². The fourth-order valence-electron chi connectivity index (χ4n) is 3.12. The topological polar surface area (TPSA) is 84.9 Å². The highest BCUT2D eigenvalue weighted by molar-refractivity contribution is 7.99. The number of thioether (sulfide) groups is 1. The number of carbonyl (C=O) groups excluding carboxylic acids is 1. The number of rotatable bonds is 11. The molecule has 0 radical (unpaired) electrons. The van der Waals surface area contributed by atoms with Crippen LogP contribution in [0.5, 0.6) is 11.5 Å². The van der Waals surface area contributed by atoms with E-state index in [2.05, 4.69) is 5.32 Å². The third-order valence-corrected chi connectivity index (χ3v) is 7.93. The lowest BCUT2D eigenvalue weighted by molar-refractivity contribution is -0.119. The van der Waals surface area contributed by atoms with Crippen LogP contribution in [0.25, 0.3) is 0 Å². The molecule has 3 rings (SSSR count). The molecule has 0 heterocycles. The van der Waals surface area contributed by atoms with Crippen LogP contribution in [-0.2, 0) is 14.8 Å². The fraction of sp³-hybridized carbons (Fsp3) is 0.208. The quantitative estimate of drug-likeness (QED) is 0.284. The third-order valence-electron chi connectivity index (χ3n) is 4.86. The Bertz CT molecular complexity index is 1280. The summed E-state index contributed by atoms with van der Waals surface area (Å²) in [4.78, 5) is 13.6. The maximum absolute atomic E-state index is 13.8. The Balaban J connectivity index is 1.82. The van der Waals surface area contributed by atoms with E-state index in [4.69, 9.17) is 21.1 Å². The molecule has 0 aromatic heterocycles.